The third kappa shape index (κ3) is 3.98. The third-order valence-corrected chi connectivity index (χ3v) is 4.70. The highest BCUT2D eigenvalue weighted by molar-refractivity contribution is 5.22. The Balaban J connectivity index is 1.53. The summed E-state index contributed by atoms with van der Waals surface area (Å²) in [4.78, 5) is 11.5. The molecule has 1 aliphatic rings. The molecule has 2 aromatic heterocycles. The quantitative estimate of drug-likeness (QED) is 0.740. The summed E-state index contributed by atoms with van der Waals surface area (Å²) in [7, 11) is 0. The molecule has 0 aliphatic carbocycles. The lowest BCUT2D eigenvalue weighted by molar-refractivity contribution is 0.0224. The van der Waals surface area contributed by atoms with Crippen molar-refractivity contribution < 1.29 is 4.74 Å². The van der Waals surface area contributed by atoms with Gasteiger partial charge in [-0.3, -0.25) is 15.0 Å². The molecule has 6 heteroatoms. The average molecular weight is 349 g/mol. The van der Waals surface area contributed by atoms with Crippen molar-refractivity contribution in [3.63, 3.8) is 0 Å². The van der Waals surface area contributed by atoms with Crippen LogP contribution in [0.3, 0.4) is 0 Å². The summed E-state index contributed by atoms with van der Waals surface area (Å²) in [6.07, 6.45) is 5.49. The Morgan fingerprint density at radius 3 is 2.65 bits per heavy atom. The molecule has 1 aromatic carbocycles. The summed E-state index contributed by atoms with van der Waals surface area (Å²) in [5.41, 5.74) is 2.42. The first kappa shape index (κ1) is 16.9. The van der Waals surface area contributed by atoms with Crippen LogP contribution in [0.25, 0.3) is 0 Å². The van der Waals surface area contributed by atoms with Gasteiger partial charge in [0.1, 0.15) is 5.82 Å². The molecule has 1 saturated heterocycles. The van der Waals surface area contributed by atoms with Crippen molar-refractivity contribution in [1.29, 1.82) is 0 Å². The number of benzene rings is 1. The van der Waals surface area contributed by atoms with E-state index in [-0.39, 0.29) is 6.04 Å². The van der Waals surface area contributed by atoms with E-state index in [9.17, 15) is 0 Å². The van der Waals surface area contributed by atoms with E-state index in [4.69, 9.17) is 9.72 Å². The van der Waals surface area contributed by atoms with Gasteiger partial charge in [-0.25, -0.2) is 4.98 Å². The summed E-state index contributed by atoms with van der Waals surface area (Å²) < 4.78 is 5.51. The highest BCUT2D eigenvalue weighted by atomic mass is 16.5. The normalized spacial score (nSPS) is 16.5. The summed E-state index contributed by atoms with van der Waals surface area (Å²) in [6.45, 7) is 3.21. The highest BCUT2D eigenvalue weighted by Gasteiger charge is 2.27. The molecule has 4 rings (SSSR count). The highest BCUT2D eigenvalue weighted by Crippen LogP contribution is 2.26. The predicted octanol–water partition coefficient (Wildman–Crippen LogP) is 2.41. The number of aromatic nitrogens is 4. The molecule has 134 valence electrons. The molecule has 1 N–H and O–H groups in total. The van der Waals surface area contributed by atoms with Crippen LogP contribution in [0, 0.1) is 0 Å². The van der Waals surface area contributed by atoms with E-state index in [1.807, 2.05) is 18.3 Å². The lowest BCUT2D eigenvalue weighted by Crippen LogP contribution is -2.40. The lowest BCUT2D eigenvalue weighted by atomic mass is 10.1. The second kappa shape index (κ2) is 8.21. The van der Waals surface area contributed by atoms with Crippen LogP contribution >= 0.6 is 0 Å². The van der Waals surface area contributed by atoms with Gasteiger partial charge in [-0.15, -0.1) is 0 Å². The fourth-order valence-electron chi connectivity index (χ4n) is 3.35. The van der Waals surface area contributed by atoms with Gasteiger partial charge in [-0.1, -0.05) is 36.4 Å². The maximum Gasteiger partial charge on any atom is 0.172 e. The summed E-state index contributed by atoms with van der Waals surface area (Å²) in [5.74, 6) is 1.73. The van der Waals surface area contributed by atoms with Gasteiger partial charge in [0.25, 0.3) is 0 Å². The van der Waals surface area contributed by atoms with Gasteiger partial charge in [-0.2, -0.15) is 5.10 Å². The lowest BCUT2D eigenvalue weighted by Gasteiger charge is -2.32. The average Bonchev–Trinajstić information content (AvgIpc) is 3.18. The minimum atomic E-state index is 0.00863. The van der Waals surface area contributed by atoms with E-state index in [0.29, 0.717) is 0 Å². The molecule has 6 nitrogen and oxygen atoms in total. The molecule has 26 heavy (non-hydrogen) atoms. The second-order valence-electron chi connectivity index (χ2n) is 6.46. The van der Waals surface area contributed by atoms with Crippen molar-refractivity contribution in [1.82, 2.24) is 25.1 Å². The Morgan fingerprint density at radius 1 is 1.04 bits per heavy atom. The van der Waals surface area contributed by atoms with Crippen LogP contribution in [0.5, 0.6) is 0 Å². The molecule has 0 amide bonds. The Labute approximate surface area is 153 Å². The number of nitrogens with zero attached hydrogens (tertiary/aromatic N) is 4. The number of aromatic amines is 1. The van der Waals surface area contributed by atoms with Gasteiger partial charge in [0.2, 0.25) is 0 Å². The summed E-state index contributed by atoms with van der Waals surface area (Å²) >= 11 is 0. The molecular weight excluding hydrogens is 326 g/mol. The first-order chi connectivity index (χ1) is 12.9. The van der Waals surface area contributed by atoms with E-state index in [2.05, 4.69) is 50.4 Å². The van der Waals surface area contributed by atoms with Crippen molar-refractivity contribution in [3.8, 4) is 0 Å². The first-order valence-corrected chi connectivity index (χ1v) is 9.07. The molecule has 0 spiro atoms. The van der Waals surface area contributed by atoms with Gasteiger partial charge < -0.3 is 4.74 Å². The van der Waals surface area contributed by atoms with Gasteiger partial charge in [0, 0.05) is 31.9 Å². The first-order valence-electron chi connectivity index (χ1n) is 9.07. The second-order valence-corrected chi connectivity index (χ2v) is 6.46. The SMILES string of the molecule is c1ccc(CCc2nc([C@@H](c3cccnc3)N3CCOCC3)n[nH]2)cc1. The number of H-pyrrole nitrogens is 1. The number of morpholine rings is 1. The van der Waals surface area contributed by atoms with Crippen molar-refractivity contribution in [2.45, 2.75) is 18.9 Å². The predicted molar refractivity (Wildman–Crippen MR) is 98.7 cm³/mol. The van der Waals surface area contributed by atoms with Crippen molar-refractivity contribution >= 4 is 0 Å². The minimum absolute atomic E-state index is 0.00863. The smallest absolute Gasteiger partial charge is 0.172 e. The Morgan fingerprint density at radius 2 is 1.88 bits per heavy atom. The van der Waals surface area contributed by atoms with Crippen molar-refractivity contribution in [2.75, 3.05) is 26.3 Å². The molecule has 1 atom stereocenters. The van der Waals surface area contributed by atoms with Crippen LogP contribution in [0.1, 0.15) is 28.8 Å². The van der Waals surface area contributed by atoms with Crippen LogP contribution in [0.4, 0.5) is 0 Å². The van der Waals surface area contributed by atoms with Gasteiger partial charge in [-0.05, 0) is 23.6 Å². The molecule has 0 unspecified atom stereocenters. The van der Waals surface area contributed by atoms with Gasteiger partial charge in [0.15, 0.2) is 5.82 Å². The summed E-state index contributed by atoms with van der Waals surface area (Å²) in [5, 5.41) is 7.66. The number of rotatable bonds is 6. The maximum atomic E-state index is 5.51. The van der Waals surface area contributed by atoms with E-state index in [1.165, 1.54) is 5.56 Å². The summed E-state index contributed by atoms with van der Waals surface area (Å²) in [6, 6.07) is 14.5. The molecule has 0 bridgehead atoms. The standard InChI is InChI=1S/C20H23N5O/c1-2-5-16(6-3-1)8-9-18-22-20(24-23-18)19(17-7-4-10-21-15-17)25-11-13-26-14-12-25/h1-7,10,15,19H,8-9,11-14H2,(H,22,23,24)/t19-/m1/s1. The molecule has 1 aliphatic heterocycles. The van der Waals surface area contributed by atoms with E-state index in [0.717, 1.165) is 56.4 Å². The molecule has 0 saturated carbocycles. The van der Waals surface area contributed by atoms with Crippen LogP contribution in [-0.4, -0.2) is 51.4 Å². The van der Waals surface area contributed by atoms with Crippen LogP contribution in [0.2, 0.25) is 0 Å². The van der Waals surface area contributed by atoms with E-state index >= 15 is 0 Å². The Hall–Kier alpha value is -2.57. The Bertz CT molecular complexity index is 799. The fraction of sp³-hybridized carbons (Fsp3) is 0.350. The zero-order valence-electron chi connectivity index (χ0n) is 14.7. The molecule has 3 heterocycles. The molecule has 1 fully saturated rings. The number of hydrogen-bond acceptors (Lipinski definition) is 5. The number of ether oxygens (including phenoxy) is 1. The fourth-order valence-corrected chi connectivity index (χ4v) is 3.35. The number of nitrogens with one attached hydrogen (secondary N) is 1. The molecule has 0 radical (unpaired) electrons. The van der Waals surface area contributed by atoms with E-state index in [1.54, 1.807) is 6.20 Å². The number of pyridine rings is 1. The number of aryl methyl sites for hydroxylation is 2. The zero-order chi connectivity index (χ0) is 17.6. The van der Waals surface area contributed by atoms with Crippen molar-refractivity contribution in [3.05, 3.63) is 77.6 Å². The third-order valence-electron chi connectivity index (χ3n) is 4.70. The topological polar surface area (TPSA) is 66.9 Å². The number of hydrogen-bond donors (Lipinski definition) is 1. The van der Waals surface area contributed by atoms with Crippen LogP contribution in [-0.2, 0) is 17.6 Å². The zero-order valence-corrected chi connectivity index (χ0v) is 14.7. The largest absolute Gasteiger partial charge is 0.379 e. The molecular formula is C20H23N5O. The van der Waals surface area contributed by atoms with Gasteiger partial charge in [0.05, 0.1) is 19.3 Å². The maximum absolute atomic E-state index is 5.51. The monoisotopic (exact) mass is 349 g/mol. The van der Waals surface area contributed by atoms with Crippen LogP contribution in [0.15, 0.2) is 54.9 Å². The van der Waals surface area contributed by atoms with Crippen molar-refractivity contribution in [2.24, 2.45) is 0 Å². The van der Waals surface area contributed by atoms with Crippen LogP contribution < -0.4 is 0 Å². The minimum Gasteiger partial charge on any atom is -0.379 e. The van der Waals surface area contributed by atoms with Gasteiger partial charge >= 0.3 is 0 Å². The Kier molecular flexibility index (Phi) is 5.33. The van der Waals surface area contributed by atoms with E-state index < -0.39 is 0 Å². The molecule has 3 aromatic rings.